The molecule has 2 aromatic rings. The van der Waals surface area contributed by atoms with Crippen LogP contribution in [0.2, 0.25) is 0 Å². The standard InChI is InChI=1S/C20H25NO3/c1-5-21(6-2)20(22)16-11-12-19(23-4)17(13-16)14-24-18-10-8-7-9-15(18)3/h7-13H,5-6,14H2,1-4H3. The Kier molecular flexibility index (Phi) is 6.24. The Labute approximate surface area is 144 Å². The number of aryl methyl sites for hydroxylation is 1. The van der Waals surface area contributed by atoms with Crippen molar-refractivity contribution in [3.63, 3.8) is 0 Å². The maximum Gasteiger partial charge on any atom is 0.253 e. The van der Waals surface area contributed by atoms with Crippen LogP contribution in [0.1, 0.15) is 35.3 Å². The van der Waals surface area contributed by atoms with E-state index >= 15 is 0 Å². The molecular weight excluding hydrogens is 302 g/mol. The molecule has 2 aromatic carbocycles. The fourth-order valence-electron chi connectivity index (χ4n) is 2.59. The Hall–Kier alpha value is -2.49. The molecule has 0 fully saturated rings. The zero-order valence-electron chi connectivity index (χ0n) is 14.8. The van der Waals surface area contributed by atoms with E-state index in [4.69, 9.17) is 9.47 Å². The van der Waals surface area contributed by atoms with E-state index in [1.807, 2.05) is 57.2 Å². The number of methoxy groups -OCH3 is 1. The van der Waals surface area contributed by atoms with Gasteiger partial charge in [0.25, 0.3) is 5.91 Å². The van der Waals surface area contributed by atoms with Gasteiger partial charge in [-0.05, 0) is 50.6 Å². The number of hydrogen-bond acceptors (Lipinski definition) is 3. The lowest BCUT2D eigenvalue weighted by molar-refractivity contribution is 0.0772. The van der Waals surface area contributed by atoms with Crippen LogP contribution in [0.15, 0.2) is 42.5 Å². The predicted octanol–water partition coefficient (Wildman–Crippen LogP) is 4.06. The lowest BCUT2D eigenvalue weighted by atomic mass is 10.1. The molecule has 0 aromatic heterocycles. The van der Waals surface area contributed by atoms with Gasteiger partial charge in [0.2, 0.25) is 0 Å². The van der Waals surface area contributed by atoms with E-state index in [1.54, 1.807) is 18.1 Å². The number of para-hydroxylation sites is 1. The fraction of sp³-hybridized carbons (Fsp3) is 0.350. The third-order valence-corrected chi connectivity index (χ3v) is 4.05. The molecule has 0 aliphatic carbocycles. The largest absolute Gasteiger partial charge is 0.496 e. The normalized spacial score (nSPS) is 10.3. The summed E-state index contributed by atoms with van der Waals surface area (Å²) < 4.78 is 11.3. The van der Waals surface area contributed by atoms with Gasteiger partial charge in [-0.2, -0.15) is 0 Å². The third-order valence-electron chi connectivity index (χ3n) is 4.05. The Morgan fingerprint density at radius 1 is 1.04 bits per heavy atom. The molecule has 1 amide bonds. The Morgan fingerprint density at radius 3 is 2.38 bits per heavy atom. The quantitative estimate of drug-likeness (QED) is 0.769. The van der Waals surface area contributed by atoms with Crippen molar-refractivity contribution in [2.75, 3.05) is 20.2 Å². The van der Waals surface area contributed by atoms with Gasteiger partial charge in [0.05, 0.1) is 7.11 Å². The summed E-state index contributed by atoms with van der Waals surface area (Å²) in [6.07, 6.45) is 0. The zero-order chi connectivity index (χ0) is 17.5. The van der Waals surface area contributed by atoms with Crippen molar-refractivity contribution >= 4 is 5.91 Å². The SMILES string of the molecule is CCN(CC)C(=O)c1ccc(OC)c(COc2ccccc2C)c1. The van der Waals surface area contributed by atoms with Crippen LogP contribution in [-0.4, -0.2) is 31.0 Å². The highest BCUT2D eigenvalue weighted by Gasteiger charge is 2.15. The number of hydrogen-bond donors (Lipinski definition) is 0. The molecule has 0 saturated heterocycles. The highest BCUT2D eigenvalue weighted by Crippen LogP contribution is 2.24. The van der Waals surface area contributed by atoms with Gasteiger partial charge in [-0.25, -0.2) is 0 Å². The minimum Gasteiger partial charge on any atom is -0.496 e. The maximum absolute atomic E-state index is 12.5. The average molecular weight is 327 g/mol. The summed E-state index contributed by atoms with van der Waals surface area (Å²) in [5.41, 5.74) is 2.59. The summed E-state index contributed by atoms with van der Waals surface area (Å²) in [7, 11) is 1.62. The molecule has 0 N–H and O–H groups in total. The van der Waals surface area contributed by atoms with E-state index in [-0.39, 0.29) is 5.91 Å². The van der Waals surface area contributed by atoms with Crippen LogP contribution in [0.3, 0.4) is 0 Å². The molecule has 24 heavy (non-hydrogen) atoms. The van der Waals surface area contributed by atoms with Gasteiger partial charge in [0.15, 0.2) is 0 Å². The van der Waals surface area contributed by atoms with Crippen LogP contribution in [0.4, 0.5) is 0 Å². The lowest BCUT2D eigenvalue weighted by Crippen LogP contribution is -2.30. The van der Waals surface area contributed by atoms with Gasteiger partial charge < -0.3 is 14.4 Å². The molecule has 0 aliphatic rings. The van der Waals surface area contributed by atoms with E-state index < -0.39 is 0 Å². The zero-order valence-corrected chi connectivity index (χ0v) is 14.8. The first-order valence-corrected chi connectivity index (χ1v) is 8.25. The molecule has 0 atom stereocenters. The van der Waals surface area contributed by atoms with Crippen molar-refractivity contribution in [2.24, 2.45) is 0 Å². The van der Waals surface area contributed by atoms with Gasteiger partial charge in [-0.1, -0.05) is 18.2 Å². The van der Waals surface area contributed by atoms with Crippen LogP contribution in [0.25, 0.3) is 0 Å². The Balaban J connectivity index is 2.23. The smallest absolute Gasteiger partial charge is 0.253 e. The van der Waals surface area contributed by atoms with Crippen molar-refractivity contribution in [3.8, 4) is 11.5 Å². The number of carbonyl (C=O) groups excluding carboxylic acids is 1. The second-order valence-corrected chi connectivity index (χ2v) is 5.56. The molecule has 0 bridgehead atoms. The summed E-state index contributed by atoms with van der Waals surface area (Å²) in [4.78, 5) is 14.3. The molecule has 0 radical (unpaired) electrons. The van der Waals surface area contributed by atoms with Crippen molar-refractivity contribution < 1.29 is 14.3 Å². The van der Waals surface area contributed by atoms with Gasteiger partial charge >= 0.3 is 0 Å². The van der Waals surface area contributed by atoms with Crippen LogP contribution in [-0.2, 0) is 6.61 Å². The first-order chi connectivity index (χ1) is 11.6. The van der Waals surface area contributed by atoms with Gasteiger partial charge in [0, 0.05) is 24.2 Å². The molecule has 0 spiro atoms. The molecule has 4 nitrogen and oxygen atoms in total. The van der Waals surface area contributed by atoms with E-state index in [9.17, 15) is 4.79 Å². The number of nitrogens with zero attached hydrogens (tertiary/aromatic N) is 1. The molecule has 128 valence electrons. The van der Waals surface area contributed by atoms with Crippen LogP contribution >= 0.6 is 0 Å². The summed E-state index contributed by atoms with van der Waals surface area (Å²) >= 11 is 0. The van der Waals surface area contributed by atoms with E-state index in [2.05, 4.69) is 0 Å². The van der Waals surface area contributed by atoms with Gasteiger partial charge in [-0.3, -0.25) is 4.79 Å². The summed E-state index contributed by atoms with van der Waals surface area (Å²) in [6.45, 7) is 7.70. The first kappa shape index (κ1) is 17.9. The number of carbonyl (C=O) groups is 1. The van der Waals surface area contributed by atoms with Crippen molar-refractivity contribution in [2.45, 2.75) is 27.4 Å². The molecule has 2 rings (SSSR count). The number of amides is 1. The van der Waals surface area contributed by atoms with Crippen molar-refractivity contribution in [1.29, 1.82) is 0 Å². The van der Waals surface area contributed by atoms with Gasteiger partial charge in [0.1, 0.15) is 18.1 Å². The molecular formula is C20H25NO3. The predicted molar refractivity (Wildman–Crippen MR) is 95.8 cm³/mol. The molecule has 0 saturated carbocycles. The summed E-state index contributed by atoms with van der Waals surface area (Å²) in [5, 5.41) is 0. The van der Waals surface area contributed by atoms with E-state index in [1.165, 1.54) is 0 Å². The second-order valence-electron chi connectivity index (χ2n) is 5.56. The van der Waals surface area contributed by atoms with Crippen LogP contribution < -0.4 is 9.47 Å². The molecule has 0 heterocycles. The van der Waals surface area contributed by atoms with Crippen LogP contribution in [0, 0.1) is 6.92 Å². The topological polar surface area (TPSA) is 38.8 Å². The number of rotatable bonds is 7. The highest BCUT2D eigenvalue weighted by atomic mass is 16.5. The number of ether oxygens (including phenoxy) is 2. The Bertz CT molecular complexity index is 693. The van der Waals surface area contributed by atoms with Crippen molar-refractivity contribution in [1.82, 2.24) is 4.90 Å². The highest BCUT2D eigenvalue weighted by molar-refractivity contribution is 5.94. The average Bonchev–Trinajstić information content (AvgIpc) is 2.61. The second kappa shape index (κ2) is 8.39. The monoisotopic (exact) mass is 327 g/mol. The fourth-order valence-corrected chi connectivity index (χ4v) is 2.59. The Morgan fingerprint density at radius 2 is 1.75 bits per heavy atom. The van der Waals surface area contributed by atoms with Crippen molar-refractivity contribution in [3.05, 3.63) is 59.2 Å². The minimum atomic E-state index is 0.0276. The van der Waals surface area contributed by atoms with E-state index in [0.29, 0.717) is 25.3 Å². The summed E-state index contributed by atoms with van der Waals surface area (Å²) in [6, 6.07) is 13.4. The van der Waals surface area contributed by atoms with Crippen LogP contribution in [0.5, 0.6) is 11.5 Å². The van der Waals surface area contributed by atoms with Gasteiger partial charge in [-0.15, -0.1) is 0 Å². The molecule has 0 unspecified atom stereocenters. The maximum atomic E-state index is 12.5. The summed E-state index contributed by atoms with van der Waals surface area (Å²) in [5.74, 6) is 1.58. The lowest BCUT2D eigenvalue weighted by Gasteiger charge is -2.19. The minimum absolute atomic E-state index is 0.0276. The third kappa shape index (κ3) is 4.07. The number of benzene rings is 2. The molecule has 0 aliphatic heterocycles. The van der Waals surface area contributed by atoms with E-state index in [0.717, 1.165) is 22.6 Å². The molecule has 4 heteroatoms. The first-order valence-electron chi connectivity index (χ1n) is 8.25.